The lowest BCUT2D eigenvalue weighted by Gasteiger charge is -2.44. The molecule has 6 nitrogen and oxygen atoms in total. The number of anilines is 1. The van der Waals surface area contributed by atoms with E-state index < -0.39 is 5.54 Å². The minimum Gasteiger partial charge on any atom is -0.351 e. The maximum Gasteiger partial charge on any atom is 0.277 e. The van der Waals surface area contributed by atoms with E-state index in [1.165, 1.54) is 6.42 Å². The van der Waals surface area contributed by atoms with Gasteiger partial charge in [0.15, 0.2) is 0 Å². The number of thiophene rings is 1. The van der Waals surface area contributed by atoms with Gasteiger partial charge < -0.3 is 5.32 Å². The van der Waals surface area contributed by atoms with Gasteiger partial charge in [-0.05, 0) is 74.4 Å². The first kappa shape index (κ1) is 21.9. The maximum absolute atomic E-state index is 13.9. The van der Waals surface area contributed by atoms with Gasteiger partial charge in [-0.1, -0.05) is 31.4 Å². The van der Waals surface area contributed by atoms with Gasteiger partial charge in [0.1, 0.15) is 16.9 Å². The van der Waals surface area contributed by atoms with Gasteiger partial charge in [0.25, 0.3) is 5.91 Å². The van der Waals surface area contributed by atoms with E-state index in [0.29, 0.717) is 12.2 Å². The summed E-state index contributed by atoms with van der Waals surface area (Å²) < 4.78 is 1.72. The maximum atomic E-state index is 13.9. The van der Waals surface area contributed by atoms with E-state index >= 15 is 0 Å². The van der Waals surface area contributed by atoms with Crippen molar-refractivity contribution in [3.8, 4) is 10.6 Å². The summed E-state index contributed by atoms with van der Waals surface area (Å²) in [5.74, 6) is -0.302. The molecule has 3 heterocycles. The number of nitrogens with one attached hydrogen (secondary N) is 1. The van der Waals surface area contributed by atoms with Crippen molar-refractivity contribution in [3.05, 3.63) is 58.6 Å². The smallest absolute Gasteiger partial charge is 0.277 e. The van der Waals surface area contributed by atoms with Crippen LogP contribution in [0.4, 0.5) is 5.69 Å². The lowest BCUT2D eigenvalue weighted by molar-refractivity contribution is -0.127. The zero-order chi connectivity index (χ0) is 23.2. The van der Waals surface area contributed by atoms with Crippen LogP contribution >= 0.6 is 11.3 Å². The highest BCUT2D eigenvalue weighted by Gasteiger charge is 2.49. The molecule has 33 heavy (non-hydrogen) atoms. The van der Waals surface area contributed by atoms with Gasteiger partial charge >= 0.3 is 0 Å². The molecule has 5 rings (SSSR count). The number of hydrogen-bond donors (Lipinski definition) is 1. The van der Waals surface area contributed by atoms with E-state index in [2.05, 4.69) is 11.4 Å². The minimum absolute atomic E-state index is 0.110. The van der Waals surface area contributed by atoms with Gasteiger partial charge in [0.05, 0.1) is 11.4 Å². The predicted octanol–water partition coefficient (Wildman–Crippen LogP) is 5.10. The van der Waals surface area contributed by atoms with Crippen LogP contribution in [0.3, 0.4) is 0 Å². The van der Waals surface area contributed by atoms with Crippen molar-refractivity contribution in [2.75, 3.05) is 4.90 Å². The number of rotatable bonds is 4. The number of aryl methyl sites for hydroxylation is 2. The molecule has 3 aromatic rings. The van der Waals surface area contributed by atoms with Crippen LogP contribution in [-0.2, 0) is 11.3 Å². The molecular weight excluding hydrogens is 432 g/mol. The van der Waals surface area contributed by atoms with Crippen molar-refractivity contribution in [2.24, 2.45) is 0 Å². The molecule has 0 radical (unpaired) electrons. The molecule has 1 fully saturated rings. The quantitative estimate of drug-likeness (QED) is 0.587. The van der Waals surface area contributed by atoms with E-state index in [1.807, 2.05) is 56.5 Å². The monoisotopic (exact) mass is 462 g/mol. The molecule has 0 unspecified atom stereocenters. The van der Waals surface area contributed by atoms with E-state index in [-0.39, 0.29) is 17.9 Å². The second-order valence-electron chi connectivity index (χ2n) is 9.62. The summed E-state index contributed by atoms with van der Waals surface area (Å²) in [5, 5.41) is 10.0. The Balaban J connectivity index is 1.58. The molecule has 1 N–H and O–H groups in total. The minimum atomic E-state index is -1.08. The van der Waals surface area contributed by atoms with Crippen LogP contribution in [0.15, 0.2) is 41.8 Å². The first-order chi connectivity index (χ1) is 15.8. The largest absolute Gasteiger partial charge is 0.351 e. The van der Waals surface area contributed by atoms with Crippen molar-refractivity contribution in [1.82, 2.24) is 15.1 Å². The zero-order valence-corrected chi connectivity index (χ0v) is 20.2. The highest BCUT2D eigenvalue weighted by molar-refractivity contribution is 7.13. The number of carbonyl (C=O) groups is 2. The number of fused-ring (bicyclic) bond motifs is 1. The lowest BCUT2D eigenvalue weighted by Crippen LogP contribution is -2.65. The van der Waals surface area contributed by atoms with E-state index in [4.69, 9.17) is 5.10 Å². The summed E-state index contributed by atoms with van der Waals surface area (Å²) in [6, 6.07) is 12.1. The second-order valence-corrected chi connectivity index (χ2v) is 10.6. The van der Waals surface area contributed by atoms with Crippen molar-refractivity contribution >= 4 is 28.8 Å². The molecule has 1 aliphatic carbocycles. The molecule has 2 aliphatic rings. The Bertz CT molecular complexity index is 1170. The molecule has 0 spiro atoms. The molecule has 172 valence electrons. The number of amides is 2. The van der Waals surface area contributed by atoms with Gasteiger partial charge in [-0.15, -0.1) is 11.3 Å². The molecule has 0 saturated heterocycles. The van der Waals surface area contributed by atoms with E-state index in [1.54, 1.807) is 20.9 Å². The molecular formula is C26H30N4O2S. The summed E-state index contributed by atoms with van der Waals surface area (Å²) >= 11 is 1.59. The molecule has 1 aromatic carbocycles. The van der Waals surface area contributed by atoms with Gasteiger partial charge in [-0.25, -0.2) is 0 Å². The van der Waals surface area contributed by atoms with Crippen LogP contribution in [0.2, 0.25) is 0 Å². The summed E-state index contributed by atoms with van der Waals surface area (Å²) in [7, 11) is 0. The highest BCUT2D eigenvalue weighted by Crippen LogP contribution is 2.36. The normalized spacial score (nSPS) is 21.2. The zero-order valence-electron chi connectivity index (χ0n) is 19.4. The molecule has 1 aliphatic heterocycles. The summed E-state index contributed by atoms with van der Waals surface area (Å²) in [6.45, 7) is 6.22. The first-order valence-corrected chi connectivity index (χ1v) is 12.6. The van der Waals surface area contributed by atoms with Crippen LogP contribution in [0.1, 0.15) is 60.6 Å². The molecule has 7 heteroatoms. The SMILES string of the molecule is Cc1cc(C)cc(N2C(=O)c3cc(-c4cccs4)nn3C[C@@]2(C)C(=O)NC2CCCCC2)c1. The van der Waals surface area contributed by atoms with Crippen LogP contribution in [0.5, 0.6) is 0 Å². The Hall–Kier alpha value is -2.93. The van der Waals surface area contributed by atoms with Crippen molar-refractivity contribution in [1.29, 1.82) is 0 Å². The van der Waals surface area contributed by atoms with Crippen molar-refractivity contribution < 1.29 is 9.59 Å². The molecule has 1 saturated carbocycles. The average Bonchev–Trinajstić information content (AvgIpc) is 3.43. The van der Waals surface area contributed by atoms with E-state index in [9.17, 15) is 9.59 Å². The first-order valence-electron chi connectivity index (χ1n) is 11.7. The molecule has 2 aromatic heterocycles. The van der Waals surface area contributed by atoms with Gasteiger partial charge in [-0.2, -0.15) is 5.10 Å². The predicted molar refractivity (Wildman–Crippen MR) is 132 cm³/mol. The summed E-state index contributed by atoms with van der Waals surface area (Å²) in [5.41, 5.74) is 3.08. The van der Waals surface area contributed by atoms with Crippen LogP contribution in [0, 0.1) is 13.8 Å². The van der Waals surface area contributed by atoms with Crippen LogP contribution in [0.25, 0.3) is 10.6 Å². The Kier molecular flexibility index (Phi) is 5.60. The van der Waals surface area contributed by atoms with Crippen LogP contribution < -0.4 is 10.2 Å². The van der Waals surface area contributed by atoms with Gasteiger partial charge in [0.2, 0.25) is 5.91 Å². The van der Waals surface area contributed by atoms with Gasteiger partial charge in [-0.3, -0.25) is 19.2 Å². The number of nitrogens with zero attached hydrogens (tertiary/aromatic N) is 3. The molecule has 0 bridgehead atoms. The Morgan fingerprint density at radius 3 is 2.52 bits per heavy atom. The molecule has 1 atom stereocenters. The fourth-order valence-electron chi connectivity index (χ4n) is 5.20. The molecule has 2 amide bonds. The topological polar surface area (TPSA) is 67.2 Å². The average molecular weight is 463 g/mol. The second kappa shape index (κ2) is 8.45. The summed E-state index contributed by atoms with van der Waals surface area (Å²) in [4.78, 5) is 30.4. The third kappa shape index (κ3) is 3.99. The number of hydrogen-bond acceptors (Lipinski definition) is 4. The number of carbonyl (C=O) groups excluding carboxylic acids is 2. The lowest BCUT2D eigenvalue weighted by atomic mass is 9.90. The van der Waals surface area contributed by atoms with Crippen molar-refractivity contribution in [2.45, 2.75) is 71.0 Å². The van der Waals surface area contributed by atoms with Crippen LogP contribution in [-0.4, -0.2) is 33.2 Å². The van der Waals surface area contributed by atoms with Gasteiger partial charge in [0, 0.05) is 11.7 Å². The van der Waals surface area contributed by atoms with Crippen molar-refractivity contribution in [3.63, 3.8) is 0 Å². The number of benzene rings is 1. The fourth-order valence-corrected chi connectivity index (χ4v) is 5.88. The summed E-state index contributed by atoms with van der Waals surface area (Å²) in [6.07, 6.45) is 5.48. The standard InChI is InChI=1S/C26H30N4O2S/c1-17-12-18(2)14-20(13-17)30-24(31)22-15-21(23-10-7-11-33-23)28-29(22)16-26(30,3)25(32)27-19-8-5-4-6-9-19/h7,10-15,19H,4-6,8-9,16H2,1-3H3,(H,27,32)/t26-/m0/s1. The Labute approximate surface area is 198 Å². The fraction of sp³-hybridized carbons (Fsp3) is 0.423. The number of aromatic nitrogens is 2. The Morgan fingerprint density at radius 1 is 1.12 bits per heavy atom. The highest BCUT2D eigenvalue weighted by atomic mass is 32.1. The third-order valence-corrected chi connectivity index (χ3v) is 7.71. The third-order valence-electron chi connectivity index (χ3n) is 6.82. The Morgan fingerprint density at radius 2 is 1.85 bits per heavy atom. The van der Waals surface area contributed by atoms with E-state index in [0.717, 1.165) is 53.1 Å².